The number of rotatable bonds is 2. The zero-order valence-corrected chi connectivity index (χ0v) is 12.0. The molecule has 1 heterocycles. The van der Waals surface area contributed by atoms with Gasteiger partial charge in [-0.2, -0.15) is 0 Å². The fraction of sp³-hybridized carbons (Fsp3) is 0.571. The van der Waals surface area contributed by atoms with E-state index in [1.54, 1.807) is 19.1 Å². The summed E-state index contributed by atoms with van der Waals surface area (Å²) in [5.74, 6) is -0.420. The van der Waals surface area contributed by atoms with E-state index in [-0.39, 0.29) is 0 Å². The zero-order valence-electron chi connectivity index (χ0n) is 12.0. The zero-order chi connectivity index (χ0) is 14.4. The summed E-state index contributed by atoms with van der Waals surface area (Å²) in [6.45, 7) is 9.30. The minimum atomic E-state index is -0.715. The number of hydrogen-bond donors (Lipinski definition) is 1. The molecule has 0 aromatic heterocycles. The van der Waals surface area contributed by atoms with E-state index in [0.29, 0.717) is 11.0 Å². The molecule has 0 saturated carbocycles. The highest BCUT2D eigenvalue weighted by Crippen LogP contribution is 2.36. The van der Waals surface area contributed by atoms with Crippen LogP contribution in [0.4, 0.5) is 4.39 Å². The summed E-state index contributed by atoms with van der Waals surface area (Å²) in [6, 6.07) is 4.62. The van der Waals surface area contributed by atoms with Crippen LogP contribution in [0.25, 0.3) is 0 Å². The Labute approximate surface area is 113 Å². The van der Waals surface area contributed by atoms with Gasteiger partial charge in [0, 0.05) is 5.46 Å². The van der Waals surface area contributed by atoms with Gasteiger partial charge in [-0.3, -0.25) is 0 Å². The van der Waals surface area contributed by atoms with Crippen molar-refractivity contribution in [2.24, 2.45) is 0 Å². The lowest BCUT2D eigenvalue weighted by atomic mass is 9.78. The first kappa shape index (κ1) is 14.5. The molecule has 0 spiro atoms. The van der Waals surface area contributed by atoms with Crippen LogP contribution in [0, 0.1) is 5.82 Å². The minimum absolute atomic E-state index is 0.364. The Morgan fingerprint density at radius 2 is 1.68 bits per heavy atom. The van der Waals surface area contributed by atoms with Crippen molar-refractivity contribution in [2.45, 2.75) is 51.9 Å². The smallest absolute Gasteiger partial charge is 0.399 e. The highest BCUT2D eigenvalue weighted by molar-refractivity contribution is 6.62. The first-order valence-corrected chi connectivity index (χ1v) is 6.47. The number of hydrogen-bond acceptors (Lipinski definition) is 3. The highest BCUT2D eigenvalue weighted by atomic mass is 19.1. The molecule has 1 atom stereocenters. The largest absolute Gasteiger partial charge is 0.497 e. The van der Waals surface area contributed by atoms with Crippen LogP contribution in [0.2, 0.25) is 0 Å². The quantitative estimate of drug-likeness (QED) is 0.834. The SMILES string of the molecule is CC(O)c1ccc(B2OC(C)(C)C(C)(C)O2)c(F)c1. The topological polar surface area (TPSA) is 38.7 Å². The Morgan fingerprint density at radius 1 is 1.16 bits per heavy atom. The fourth-order valence-electron chi connectivity index (χ4n) is 1.96. The Hall–Kier alpha value is -0.905. The summed E-state index contributed by atoms with van der Waals surface area (Å²) >= 11 is 0. The molecule has 2 rings (SSSR count). The molecule has 1 N–H and O–H groups in total. The Morgan fingerprint density at radius 3 is 2.11 bits per heavy atom. The van der Waals surface area contributed by atoms with Crippen LogP contribution in [-0.4, -0.2) is 23.4 Å². The first-order chi connectivity index (χ1) is 8.64. The lowest BCUT2D eigenvalue weighted by Crippen LogP contribution is -2.41. The van der Waals surface area contributed by atoms with Crippen LogP contribution in [0.5, 0.6) is 0 Å². The molecule has 0 amide bonds. The van der Waals surface area contributed by atoms with E-state index in [0.717, 1.165) is 0 Å². The van der Waals surface area contributed by atoms with Crippen molar-refractivity contribution in [1.29, 1.82) is 0 Å². The second-order valence-corrected chi connectivity index (χ2v) is 6.05. The van der Waals surface area contributed by atoms with Crippen molar-refractivity contribution in [1.82, 2.24) is 0 Å². The number of benzene rings is 1. The molecule has 5 heteroatoms. The molecule has 3 nitrogen and oxygen atoms in total. The van der Waals surface area contributed by atoms with Gasteiger partial charge < -0.3 is 14.4 Å². The first-order valence-electron chi connectivity index (χ1n) is 6.47. The van der Waals surface area contributed by atoms with Crippen molar-refractivity contribution in [3.8, 4) is 0 Å². The minimum Gasteiger partial charge on any atom is -0.399 e. The fourth-order valence-corrected chi connectivity index (χ4v) is 1.96. The molecule has 1 aromatic carbocycles. The van der Waals surface area contributed by atoms with E-state index < -0.39 is 30.2 Å². The van der Waals surface area contributed by atoms with Crippen LogP contribution in [0.3, 0.4) is 0 Å². The van der Waals surface area contributed by atoms with Gasteiger partial charge in [0.05, 0.1) is 17.3 Å². The monoisotopic (exact) mass is 266 g/mol. The van der Waals surface area contributed by atoms with Gasteiger partial charge in [0.25, 0.3) is 0 Å². The third-order valence-corrected chi connectivity index (χ3v) is 4.01. The average Bonchev–Trinajstić information content (AvgIpc) is 2.47. The molecule has 19 heavy (non-hydrogen) atoms. The molecule has 1 saturated heterocycles. The lowest BCUT2D eigenvalue weighted by molar-refractivity contribution is 0.00578. The molecule has 0 bridgehead atoms. The Balaban J connectivity index is 2.30. The van der Waals surface area contributed by atoms with Crippen LogP contribution in [-0.2, 0) is 9.31 Å². The molecule has 1 aliphatic heterocycles. The lowest BCUT2D eigenvalue weighted by Gasteiger charge is -2.32. The molecule has 1 fully saturated rings. The second kappa shape index (κ2) is 4.58. The average molecular weight is 266 g/mol. The molecule has 1 aliphatic rings. The van der Waals surface area contributed by atoms with Gasteiger partial charge >= 0.3 is 7.12 Å². The third-order valence-electron chi connectivity index (χ3n) is 4.01. The van der Waals surface area contributed by atoms with Crippen molar-refractivity contribution in [3.05, 3.63) is 29.6 Å². The maximum Gasteiger partial charge on any atom is 0.497 e. The molecular weight excluding hydrogens is 246 g/mol. The second-order valence-electron chi connectivity index (χ2n) is 6.05. The maximum absolute atomic E-state index is 14.1. The van der Waals surface area contributed by atoms with E-state index in [4.69, 9.17) is 9.31 Å². The molecule has 1 unspecified atom stereocenters. The van der Waals surface area contributed by atoms with Crippen LogP contribution < -0.4 is 5.46 Å². The maximum atomic E-state index is 14.1. The summed E-state index contributed by atoms with van der Waals surface area (Å²) in [5.41, 5.74) is -0.0825. The van der Waals surface area contributed by atoms with Crippen molar-refractivity contribution < 1.29 is 18.8 Å². The Bertz CT molecular complexity index is 470. The van der Waals surface area contributed by atoms with E-state index in [9.17, 15) is 9.50 Å². The van der Waals surface area contributed by atoms with Crippen molar-refractivity contribution in [3.63, 3.8) is 0 Å². The molecule has 0 radical (unpaired) electrons. The van der Waals surface area contributed by atoms with Crippen LogP contribution in [0.1, 0.15) is 46.3 Å². The number of aliphatic hydroxyl groups is 1. The number of halogens is 1. The molecule has 1 aromatic rings. The summed E-state index contributed by atoms with van der Waals surface area (Å²) in [7, 11) is -0.715. The third kappa shape index (κ3) is 2.55. The van der Waals surface area contributed by atoms with Crippen LogP contribution >= 0.6 is 0 Å². The van der Waals surface area contributed by atoms with Crippen molar-refractivity contribution >= 4 is 12.6 Å². The molecular formula is C14H20BFO3. The summed E-state index contributed by atoms with van der Waals surface area (Å²) in [4.78, 5) is 0. The van der Waals surface area contributed by atoms with Gasteiger partial charge in [-0.1, -0.05) is 12.1 Å². The van der Waals surface area contributed by atoms with E-state index in [2.05, 4.69) is 0 Å². The van der Waals surface area contributed by atoms with E-state index in [1.807, 2.05) is 27.7 Å². The molecule has 0 aliphatic carbocycles. The predicted molar refractivity (Wildman–Crippen MR) is 72.7 cm³/mol. The Kier molecular flexibility index (Phi) is 3.50. The standard InChI is InChI=1S/C14H20BFO3/c1-9(17)10-6-7-11(12(16)8-10)15-18-13(2,3)14(4,5)19-15/h6-9,17H,1-5H3. The van der Waals surface area contributed by atoms with Gasteiger partial charge in [0.2, 0.25) is 0 Å². The van der Waals surface area contributed by atoms with Gasteiger partial charge in [0.15, 0.2) is 0 Å². The molecule has 104 valence electrons. The van der Waals surface area contributed by atoms with Gasteiger partial charge in [-0.15, -0.1) is 0 Å². The summed E-state index contributed by atoms with van der Waals surface area (Å²) < 4.78 is 25.7. The van der Waals surface area contributed by atoms with Gasteiger partial charge in [-0.05, 0) is 46.2 Å². The normalized spacial score (nSPS) is 22.6. The van der Waals surface area contributed by atoms with Crippen molar-refractivity contribution in [2.75, 3.05) is 0 Å². The van der Waals surface area contributed by atoms with Gasteiger partial charge in [0.1, 0.15) is 5.82 Å². The van der Waals surface area contributed by atoms with Gasteiger partial charge in [-0.25, -0.2) is 4.39 Å². The number of aliphatic hydroxyl groups excluding tert-OH is 1. The highest BCUT2D eigenvalue weighted by Gasteiger charge is 2.52. The predicted octanol–water partition coefficient (Wildman–Crippen LogP) is 2.18. The van der Waals surface area contributed by atoms with E-state index in [1.165, 1.54) is 6.07 Å². The van der Waals surface area contributed by atoms with E-state index >= 15 is 0 Å². The van der Waals surface area contributed by atoms with Crippen LogP contribution in [0.15, 0.2) is 18.2 Å². The summed E-state index contributed by atoms with van der Waals surface area (Å²) in [6.07, 6.45) is -0.693. The summed E-state index contributed by atoms with van der Waals surface area (Å²) in [5, 5.41) is 9.44.